The predicted molar refractivity (Wildman–Crippen MR) is 105 cm³/mol. The highest BCUT2D eigenvalue weighted by Gasteiger charge is 2.38. The molecule has 0 heterocycles. The summed E-state index contributed by atoms with van der Waals surface area (Å²) in [5, 5.41) is 0. The molecule has 1 aliphatic rings. The summed E-state index contributed by atoms with van der Waals surface area (Å²) < 4.78 is 5.95. The van der Waals surface area contributed by atoms with Crippen LogP contribution >= 0.6 is 0 Å². The van der Waals surface area contributed by atoms with E-state index >= 15 is 0 Å². The number of ether oxygens (including phenoxy) is 1. The highest BCUT2D eigenvalue weighted by Crippen LogP contribution is 2.39. The lowest BCUT2D eigenvalue weighted by Gasteiger charge is -2.37. The van der Waals surface area contributed by atoms with Crippen molar-refractivity contribution in [2.24, 2.45) is 28.6 Å². The van der Waals surface area contributed by atoms with Crippen LogP contribution in [0.25, 0.3) is 0 Å². The van der Waals surface area contributed by atoms with Crippen LogP contribution < -0.4 is 0 Å². The van der Waals surface area contributed by atoms with Crippen molar-refractivity contribution in [3.63, 3.8) is 0 Å². The Kier molecular flexibility index (Phi) is 9.61. The lowest BCUT2D eigenvalue weighted by molar-refractivity contribution is -0.162. The number of hydrogen-bond acceptors (Lipinski definition) is 2. The van der Waals surface area contributed by atoms with Crippen LogP contribution in [-0.4, -0.2) is 12.1 Å². The maximum absolute atomic E-state index is 12.8. The van der Waals surface area contributed by atoms with Crippen LogP contribution in [0.3, 0.4) is 0 Å². The van der Waals surface area contributed by atoms with Gasteiger partial charge in [-0.15, -0.1) is 0 Å². The van der Waals surface area contributed by atoms with E-state index in [9.17, 15) is 4.79 Å². The van der Waals surface area contributed by atoms with Gasteiger partial charge in [0.2, 0.25) is 0 Å². The zero-order valence-corrected chi connectivity index (χ0v) is 18.2. The summed E-state index contributed by atoms with van der Waals surface area (Å²) in [5.74, 6) is 1.48. The van der Waals surface area contributed by atoms with Crippen molar-refractivity contribution in [1.82, 2.24) is 0 Å². The lowest BCUT2D eigenvalue weighted by atomic mass is 9.72. The molecule has 1 fully saturated rings. The van der Waals surface area contributed by atoms with Crippen molar-refractivity contribution in [3.8, 4) is 0 Å². The second-order valence-electron chi connectivity index (χ2n) is 9.70. The molecule has 0 bridgehead atoms. The number of carbonyl (C=O) groups excluding carboxylic acids is 1. The summed E-state index contributed by atoms with van der Waals surface area (Å²) in [6, 6.07) is 0. The van der Waals surface area contributed by atoms with Gasteiger partial charge in [-0.05, 0) is 48.3 Å². The van der Waals surface area contributed by atoms with Gasteiger partial charge in [0.25, 0.3) is 0 Å². The molecule has 0 radical (unpaired) electrons. The summed E-state index contributed by atoms with van der Waals surface area (Å²) in [4.78, 5) is 12.8. The van der Waals surface area contributed by atoms with Crippen LogP contribution in [0, 0.1) is 28.6 Å². The molecule has 0 aromatic rings. The van der Waals surface area contributed by atoms with Gasteiger partial charge in [0.05, 0.1) is 5.92 Å². The van der Waals surface area contributed by atoms with Crippen LogP contribution in [0.15, 0.2) is 0 Å². The number of esters is 1. The number of rotatable bonds is 4. The van der Waals surface area contributed by atoms with E-state index in [0.29, 0.717) is 5.92 Å². The van der Waals surface area contributed by atoms with Crippen LogP contribution in [-0.2, 0) is 9.53 Å². The molecule has 0 N–H and O–H groups in total. The third-order valence-corrected chi connectivity index (χ3v) is 5.25. The first-order chi connectivity index (χ1) is 10.9. The molecule has 0 amide bonds. The molecule has 144 valence electrons. The minimum atomic E-state index is -0.0450. The van der Waals surface area contributed by atoms with Crippen LogP contribution in [0.2, 0.25) is 0 Å². The van der Waals surface area contributed by atoms with E-state index in [1.807, 2.05) is 13.8 Å². The minimum Gasteiger partial charge on any atom is -0.462 e. The molecular weight excluding hydrogens is 296 g/mol. The minimum absolute atomic E-state index is 0.0216. The van der Waals surface area contributed by atoms with Crippen molar-refractivity contribution in [2.75, 3.05) is 0 Å². The first-order valence-corrected chi connectivity index (χ1v) is 10.1. The first-order valence-electron chi connectivity index (χ1n) is 10.1. The Morgan fingerprint density at radius 2 is 1.62 bits per heavy atom. The van der Waals surface area contributed by atoms with Gasteiger partial charge in [-0.2, -0.15) is 0 Å². The average molecular weight is 341 g/mol. The van der Waals surface area contributed by atoms with Gasteiger partial charge in [0.1, 0.15) is 6.10 Å². The molecule has 0 aliphatic heterocycles. The number of hydrogen-bond donors (Lipinski definition) is 0. The highest BCUT2D eigenvalue weighted by molar-refractivity contribution is 5.73. The van der Waals surface area contributed by atoms with Crippen LogP contribution in [0.4, 0.5) is 0 Å². The predicted octanol–water partition coefficient (Wildman–Crippen LogP) is 6.87. The third kappa shape index (κ3) is 8.03. The molecule has 4 unspecified atom stereocenters. The van der Waals surface area contributed by atoms with E-state index < -0.39 is 0 Å². The Morgan fingerprint density at radius 3 is 2.00 bits per heavy atom. The molecule has 0 saturated heterocycles. The molecule has 2 heteroatoms. The molecule has 0 aromatic carbocycles. The van der Waals surface area contributed by atoms with Crippen LogP contribution in [0.5, 0.6) is 0 Å². The molecular formula is C22H44O2. The summed E-state index contributed by atoms with van der Waals surface area (Å²) in [6.07, 6.45) is 5.55. The zero-order chi connectivity index (χ0) is 19.1. The fraction of sp³-hybridized carbons (Fsp3) is 0.955. The third-order valence-electron chi connectivity index (χ3n) is 5.25. The van der Waals surface area contributed by atoms with Crippen molar-refractivity contribution in [3.05, 3.63) is 0 Å². The van der Waals surface area contributed by atoms with Gasteiger partial charge in [-0.3, -0.25) is 4.79 Å². The Balaban J connectivity index is 0.00000254. The smallest absolute Gasteiger partial charge is 0.309 e. The molecule has 2 nitrogen and oxygen atoms in total. The maximum Gasteiger partial charge on any atom is 0.309 e. The monoisotopic (exact) mass is 340 g/mol. The van der Waals surface area contributed by atoms with E-state index in [-0.39, 0.29) is 28.8 Å². The molecule has 0 aromatic heterocycles. The second kappa shape index (κ2) is 9.82. The van der Waals surface area contributed by atoms with Crippen molar-refractivity contribution >= 4 is 5.97 Å². The lowest BCUT2D eigenvalue weighted by Crippen LogP contribution is -2.37. The quantitative estimate of drug-likeness (QED) is 0.522. The molecule has 0 spiro atoms. The summed E-state index contributed by atoms with van der Waals surface area (Å²) >= 11 is 0. The van der Waals surface area contributed by atoms with Crippen molar-refractivity contribution < 1.29 is 9.53 Å². The van der Waals surface area contributed by atoms with E-state index in [4.69, 9.17) is 4.74 Å². The Morgan fingerprint density at radius 1 is 1.08 bits per heavy atom. The van der Waals surface area contributed by atoms with Gasteiger partial charge in [0, 0.05) is 0 Å². The number of carbonyl (C=O) groups is 1. The Bertz CT molecular complexity index is 359. The molecule has 1 saturated carbocycles. The van der Waals surface area contributed by atoms with E-state index in [0.717, 1.165) is 25.2 Å². The summed E-state index contributed by atoms with van der Waals surface area (Å²) in [7, 11) is 0. The normalized spacial score (nSPS) is 26.2. The average Bonchev–Trinajstić information content (AvgIpc) is 2.45. The van der Waals surface area contributed by atoms with Gasteiger partial charge in [0.15, 0.2) is 0 Å². The Labute approximate surface area is 152 Å². The summed E-state index contributed by atoms with van der Waals surface area (Å²) in [5.41, 5.74) is 0.0979. The topological polar surface area (TPSA) is 26.3 Å². The van der Waals surface area contributed by atoms with Crippen molar-refractivity contribution in [2.45, 2.75) is 107 Å². The SMILES string of the molecule is CC.CCC1CCC(OC(=O)C(CC(C)(C)C)C(C)(C)C)CC1C. The van der Waals surface area contributed by atoms with E-state index in [2.05, 4.69) is 55.4 Å². The van der Waals surface area contributed by atoms with E-state index in [1.165, 1.54) is 12.8 Å². The first kappa shape index (κ1) is 23.5. The Hall–Kier alpha value is -0.530. The largest absolute Gasteiger partial charge is 0.462 e. The van der Waals surface area contributed by atoms with E-state index in [1.54, 1.807) is 0 Å². The molecule has 1 aliphatic carbocycles. The van der Waals surface area contributed by atoms with Crippen molar-refractivity contribution in [1.29, 1.82) is 0 Å². The zero-order valence-electron chi connectivity index (χ0n) is 18.2. The maximum atomic E-state index is 12.8. The highest BCUT2D eigenvalue weighted by atomic mass is 16.5. The molecule has 24 heavy (non-hydrogen) atoms. The van der Waals surface area contributed by atoms with Crippen LogP contribution in [0.1, 0.15) is 101 Å². The standard InChI is InChI=1S/C20H38O2.C2H6/c1-9-15-10-11-16(12-14(15)2)22-18(21)17(20(6,7)8)13-19(3,4)5;1-2/h14-17H,9-13H2,1-8H3;1-2H3. The van der Waals surface area contributed by atoms with Gasteiger partial charge < -0.3 is 4.74 Å². The summed E-state index contributed by atoms with van der Waals surface area (Å²) in [6.45, 7) is 21.6. The van der Waals surface area contributed by atoms with Gasteiger partial charge in [-0.25, -0.2) is 0 Å². The second-order valence-corrected chi connectivity index (χ2v) is 9.70. The van der Waals surface area contributed by atoms with Gasteiger partial charge >= 0.3 is 5.97 Å². The molecule has 4 atom stereocenters. The fourth-order valence-electron chi connectivity index (χ4n) is 3.72. The van der Waals surface area contributed by atoms with Gasteiger partial charge in [-0.1, -0.05) is 75.7 Å². The fourth-order valence-corrected chi connectivity index (χ4v) is 3.72. The molecule has 1 rings (SSSR count).